The third kappa shape index (κ3) is 3.21. The molecule has 0 spiro atoms. The predicted octanol–water partition coefficient (Wildman–Crippen LogP) is 4.62. The lowest BCUT2D eigenvalue weighted by molar-refractivity contribution is 0.370. The molecular formula is C19H23NO. The maximum absolute atomic E-state index is 5.31. The van der Waals surface area contributed by atoms with Crippen LogP contribution in [-0.2, 0) is 6.42 Å². The molecular weight excluding hydrogens is 258 g/mol. The Balaban J connectivity index is 1.57. The van der Waals surface area contributed by atoms with Crippen LogP contribution in [0.3, 0.4) is 0 Å². The molecule has 0 bridgehead atoms. The summed E-state index contributed by atoms with van der Waals surface area (Å²) in [5.74, 6) is 1.62. The van der Waals surface area contributed by atoms with E-state index < -0.39 is 0 Å². The smallest absolute Gasteiger partial charge is 0.119 e. The Morgan fingerprint density at radius 2 is 1.90 bits per heavy atom. The van der Waals surface area contributed by atoms with Crippen molar-refractivity contribution in [3.05, 3.63) is 59.7 Å². The summed E-state index contributed by atoms with van der Waals surface area (Å²) in [6.07, 6.45) is 3.49. The maximum atomic E-state index is 5.31. The van der Waals surface area contributed by atoms with Crippen LogP contribution >= 0.6 is 0 Å². The molecule has 1 saturated carbocycles. The van der Waals surface area contributed by atoms with Crippen LogP contribution in [0.25, 0.3) is 0 Å². The minimum Gasteiger partial charge on any atom is -0.497 e. The maximum Gasteiger partial charge on any atom is 0.119 e. The van der Waals surface area contributed by atoms with Crippen molar-refractivity contribution in [3.8, 4) is 5.75 Å². The highest BCUT2D eigenvalue weighted by molar-refractivity contribution is 5.47. The fourth-order valence-corrected chi connectivity index (χ4v) is 3.02. The Bertz CT molecular complexity index is 602. The second-order valence-electron chi connectivity index (χ2n) is 5.84. The van der Waals surface area contributed by atoms with E-state index in [9.17, 15) is 0 Å². The summed E-state index contributed by atoms with van der Waals surface area (Å²) in [5, 5.41) is 3.65. The van der Waals surface area contributed by atoms with Gasteiger partial charge in [-0.3, -0.25) is 0 Å². The van der Waals surface area contributed by atoms with E-state index in [0.717, 1.165) is 12.2 Å². The lowest BCUT2D eigenvalue weighted by Gasteiger charge is -2.37. The summed E-state index contributed by atoms with van der Waals surface area (Å²) < 4.78 is 5.31. The summed E-state index contributed by atoms with van der Waals surface area (Å²) in [6.45, 7) is 2.20. The van der Waals surface area contributed by atoms with Gasteiger partial charge in [0.1, 0.15) is 5.75 Å². The Morgan fingerprint density at radius 1 is 1.10 bits per heavy atom. The van der Waals surface area contributed by atoms with Crippen molar-refractivity contribution >= 4 is 5.69 Å². The number of ether oxygens (including phenoxy) is 1. The number of anilines is 1. The highest BCUT2D eigenvalue weighted by Crippen LogP contribution is 2.39. The van der Waals surface area contributed by atoms with E-state index in [1.807, 2.05) is 6.07 Å². The molecule has 2 heteroatoms. The van der Waals surface area contributed by atoms with Crippen molar-refractivity contribution in [1.82, 2.24) is 0 Å². The van der Waals surface area contributed by atoms with Gasteiger partial charge in [-0.25, -0.2) is 0 Å². The number of nitrogens with one attached hydrogen (secondary N) is 1. The number of hydrogen-bond acceptors (Lipinski definition) is 2. The molecule has 1 aliphatic rings. The first kappa shape index (κ1) is 14.0. The number of aryl methyl sites for hydroxylation is 1. The Hall–Kier alpha value is -1.96. The van der Waals surface area contributed by atoms with Gasteiger partial charge in [-0.15, -0.1) is 0 Å². The van der Waals surface area contributed by atoms with Crippen LogP contribution in [0.4, 0.5) is 5.69 Å². The van der Waals surface area contributed by atoms with Crippen molar-refractivity contribution < 1.29 is 4.74 Å². The zero-order valence-electron chi connectivity index (χ0n) is 12.8. The fraction of sp³-hybridized carbons (Fsp3) is 0.368. The van der Waals surface area contributed by atoms with Crippen molar-refractivity contribution in [2.45, 2.75) is 38.1 Å². The van der Waals surface area contributed by atoms with Gasteiger partial charge in [0.25, 0.3) is 0 Å². The molecule has 0 radical (unpaired) electrons. The summed E-state index contributed by atoms with van der Waals surface area (Å²) in [4.78, 5) is 0. The second kappa shape index (κ2) is 6.21. The molecule has 0 saturated heterocycles. The minimum absolute atomic E-state index is 0.591. The minimum atomic E-state index is 0.591. The molecule has 2 aromatic carbocycles. The topological polar surface area (TPSA) is 21.3 Å². The number of benzene rings is 2. The highest BCUT2D eigenvalue weighted by atomic mass is 16.5. The molecule has 3 rings (SSSR count). The average molecular weight is 281 g/mol. The van der Waals surface area contributed by atoms with Gasteiger partial charge in [0, 0.05) is 11.7 Å². The number of hydrogen-bond donors (Lipinski definition) is 1. The number of rotatable bonds is 5. The highest BCUT2D eigenvalue weighted by Gasteiger charge is 2.30. The SMILES string of the molecule is CCc1cccc(NC2CC(c3cccc(OC)c3)C2)c1. The van der Waals surface area contributed by atoms with E-state index in [-0.39, 0.29) is 0 Å². The van der Waals surface area contributed by atoms with Crippen molar-refractivity contribution in [3.63, 3.8) is 0 Å². The van der Waals surface area contributed by atoms with Crippen molar-refractivity contribution in [2.75, 3.05) is 12.4 Å². The first-order valence-corrected chi connectivity index (χ1v) is 7.78. The molecule has 110 valence electrons. The van der Waals surface area contributed by atoms with E-state index in [2.05, 4.69) is 54.7 Å². The third-order valence-corrected chi connectivity index (χ3v) is 4.41. The largest absolute Gasteiger partial charge is 0.497 e. The monoisotopic (exact) mass is 281 g/mol. The van der Waals surface area contributed by atoms with Gasteiger partial charge >= 0.3 is 0 Å². The molecule has 0 unspecified atom stereocenters. The first-order valence-electron chi connectivity index (χ1n) is 7.78. The molecule has 0 heterocycles. The molecule has 21 heavy (non-hydrogen) atoms. The third-order valence-electron chi connectivity index (χ3n) is 4.41. The second-order valence-corrected chi connectivity index (χ2v) is 5.84. The zero-order chi connectivity index (χ0) is 14.7. The lowest BCUT2D eigenvalue weighted by Crippen LogP contribution is -2.34. The van der Waals surface area contributed by atoms with Crippen LogP contribution in [0.1, 0.15) is 36.8 Å². The summed E-state index contributed by atoms with van der Waals surface area (Å²) in [7, 11) is 1.73. The molecule has 2 aromatic rings. The van der Waals surface area contributed by atoms with Gasteiger partial charge in [0.2, 0.25) is 0 Å². The zero-order valence-corrected chi connectivity index (χ0v) is 12.8. The predicted molar refractivity (Wildman–Crippen MR) is 88.2 cm³/mol. The lowest BCUT2D eigenvalue weighted by atomic mass is 9.75. The van der Waals surface area contributed by atoms with Gasteiger partial charge in [0.15, 0.2) is 0 Å². The standard InChI is InChI=1S/C19H23NO/c1-3-14-6-4-8-17(10-14)20-18-11-16(12-18)15-7-5-9-19(13-15)21-2/h4-10,13,16,18,20H,3,11-12H2,1-2H3. The van der Waals surface area contributed by atoms with Gasteiger partial charge in [-0.05, 0) is 60.6 Å². The van der Waals surface area contributed by atoms with Crippen molar-refractivity contribution in [1.29, 1.82) is 0 Å². The molecule has 0 atom stereocenters. The van der Waals surface area contributed by atoms with Gasteiger partial charge in [-0.1, -0.05) is 31.2 Å². The molecule has 1 aliphatic carbocycles. The molecule has 0 aliphatic heterocycles. The van der Waals surface area contributed by atoms with E-state index in [1.165, 1.54) is 29.7 Å². The average Bonchev–Trinajstić information content (AvgIpc) is 2.50. The summed E-state index contributed by atoms with van der Waals surface area (Å²) in [5.41, 5.74) is 4.04. The molecule has 2 nitrogen and oxygen atoms in total. The Kier molecular flexibility index (Phi) is 4.14. The van der Waals surface area contributed by atoms with Gasteiger partial charge in [-0.2, -0.15) is 0 Å². The number of methoxy groups -OCH3 is 1. The van der Waals surface area contributed by atoms with E-state index in [1.54, 1.807) is 7.11 Å². The van der Waals surface area contributed by atoms with Crippen LogP contribution in [0.15, 0.2) is 48.5 Å². The van der Waals surface area contributed by atoms with Crippen LogP contribution in [-0.4, -0.2) is 13.2 Å². The summed E-state index contributed by atoms with van der Waals surface area (Å²) in [6, 6.07) is 17.8. The molecule has 0 aromatic heterocycles. The van der Waals surface area contributed by atoms with E-state index in [0.29, 0.717) is 12.0 Å². The van der Waals surface area contributed by atoms with Crippen LogP contribution in [0.5, 0.6) is 5.75 Å². The normalized spacial score (nSPS) is 20.7. The summed E-state index contributed by atoms with van der Waals surface area (Å²) >= 11 is 0. The molecule has 1 N–H and O–H groups in total. The van der Waals surface area contributed by atoms with Gasteiger partial charge < -0.3 is 10.1 Å². The molecule has 0 amide bonds. The quantitative estimate of drug-likeness (QED) is 0.863. The first-order chi connectivity index (χ1) is 10.3. The Morgan fingerprint density at radius 3 is 2.67 bits per heavy atom. The Labute approximate surface area is 127 Å². The van der Waals surface area contributed by atoms with E-state index in [4.69, 9.17) is 4.74 Å². The van der Waals surface area contributed by atoms with Crippen LogP contribution in [0.2, 0.25) is 0 Å². The van der Waals surface area contributed by atoms with E-state index >= 15 is 0 Å². The molecule has 1 fully saturated rings. The van der Waals surface area contributed by atoms with Crippen LogP contribution < -0.4 is 10.1 Å². The fourth-order valence-electron chi connectivity index (χ4n) is 3.02. The van der Waals surface area contributed by atoms with Crippen LogP contribution in [0, 0.1) is 0 Å². The van der Waals surface area contributed by atoms with Gasteiger partial charge in [0.05, 0.1) is 7.11 Å². The van der Waals surface area contributed by atoms with Crippen molar-refractivity contribution in [2.24, 2.45) is 0 Å².